The molecular weight excluding hydrogens is 280 g/mol. The van der Waals surface area contributed by atoms with Crippen molar-refractivity contribution in [3.05, 3.63) is 42.0 Å². The van der Waals surface area contributed by atoms with Gasteiger partial charge in [0.15, 0.2) is 0 Å². The molecule has 2 rings (SSSR count). The molecule has 108 valence electrons. The molecule has 20 heavy (non-hydrogen) atoms. The van der Waals surface area contributed by atoms with E-state index < -0.39 is 16.1 Å². The normalized spacial score (nSPS) is 13.3. The lowest BCUT2D eigenvalue weighted by Crippen LogP contribution is -2.28. The van der Waals surface area contributed by atoms with Crippen molar-refractivity contribution in [1.82, 2.24) is 19.5 Å². The van der Waals surface area contributed by atoms with Crippen LogP contribution in [0.3, 0.4) is 0 Å². The van der Waals surface area contributed by atoms with Crippen molar-refractivity contribution < 1.29 is 13.5 Å². The van der Waals surface area contributed by atoms with Gasteiger partial charge in [0.25, 0.3) is 0 Å². The van der Waals surface area contributed by atoms with Crippen LogP contribution in [0.25, 0.3) is 0 Å². The van der Waals surface area contributed by atoms with Crippen LogP contribution in [-0.4, -0.2) is 28.3 Å². The molecule has 0 aliphatic rings. The van der Waals surface area contributed by atoms with Gasteiger partial charge in [-0.15, -0.1) is 10.2 Å². The number of aryl methyl sites for hydroxylation is 1. The second kappa shape index (κ2) is 5.70. The van der Waals surface area contributed by atoms with E-state index in [1.165, 1.54) is 18.5 Å². The van der Waals surface area contributed by atoms with Gasteiger partial charge in [0, 0.05) is 7.05 Å². The van der Waals surface area contributed by atoms with Crippen LogP contribution in [0.15, 0.2) is 35.5 Å². The number of hydrogen-bond donors (Lipinski definition) is 2. The Labute approximate surface area is 117 Å². The summed E-state index contributed by atoms with van der Waals surface area (Å²) in [6.45, 7) is 1.49. The van der Waals surface area contributed by atoms with Crippen molar-refractivity contribution in [3.63, 3.8) is 0 Å². The van der Waals surface area contributed by atoms with Gasteiger partial charge >= 0.3 is 0 Å². The van der Waals surface area contributed by atoms with E-state index in [1.54, 1.807) is 30.7 Å². The molecule has 0 bridgehead atoms. The van der Waals surface area contributed by atoms with Gasteiger partial charge in [-0.05, 0) is 24.6 Å². The first-order valence-corrected chi connectivity index (χ1v) is 7.48. The minimum absolute atomic E-state index is 0.109. The van der Waals surface area contributed by atoms with Gasteiger partial charge in [0.1, 0.15) is 12.2 Å². The maximum atomic E-state index is 12.3. The van der Waals surface area contributed by atoms with E-state index in [4.69, 9.17) is 5.11 Å². The summed E-state index contributed by atoms with van der Waals surface area (Å²) < 4.78 is 28.7. The molecule has 0 aliphatic heterocycles. The Hall–Kier alpha value is -1.77. The average molecular weight is 296 g/mol. The zero-order valence-corrected chi connectivity index (χ0v) is 12.0. The molecule has 0 fully saturated rings. The van der Waals surface area contributed by atoms with Gasteiger partial charge in [-0.2, -0.15) is 0 Å². The lowest BCUT2D eigenvalue weighted by atomic mass is 10.2. The maximum absolute atomic E-state index is 12.3. The van der Waals surface area contributed by atoms with Crippen molar-refractivity contribution in [1.29, 1.82) is 0 Å². The number of sulfonamides is 1. The van der Waals surface area contributed by atoms with E-state index in [1.807, 2.05) is 0 Å². The average Bonchev–Trinajstić information content (AvgIpc) is 2.84. The molecule has 8 heteroatoms. The van der Waals surface area contributed by atoms with Crippen LogP contribution < -0.4 is 4.72 Å². The molecule has 2 N–H and O–H groups in total. The third kappa shape index (κ3) is 3.03. The molecule has 0 radical (unpaired) electrons. The molecule has 2 aromatic rings. The van der Waals surface area contributed by atoms with Crippen LogP contribution in [0.4, 0.5) is 0 Å². The fourth-order valence-corrected chi connectivity index (χ4v) is 3.12. The Kier molecular flexibility index (Phi) is 4.17. The van der Waals surface area contributed by atoms with Crippen LogP contribution in [0.1, 0.15) is 24.4 Å². The molecule has 1 unspecified atom stereocenters. The van der Waals surface area contributed by atoms with Crippen molar-refractivity contribution >= 4 is 10.0 Å². The van der Waals surface area contributed by atoms with E-state index in [2.05, 4.69) is 14.9 Å². The van der Waals surface area contributed by atoms with E-state index in [0.717, 1.165) is 0 Å². The summed E-state index contributed by atoms with van der Waals surface area (Å²) >= 11 is 0. The third-order valence-corrected chi connectivity index (χ3v) is 4.40. The summed E-state index contributed by atoms with van der Waals surface area (Å²) in [6.07, 6.45) is 1.51. The van der Waals surface area contributed by atoms with Crippen molar-refractivity contribution in [2.45, 2.75) is 24.5 Å². The largest absolute Gasteiger partial charge is 0.392 e. The SMILES string of the molecule is CC(NS(=O)(=O)c1cccc(CO)c1)c1nncn1C. The number of aliphatic hydroxyl groups is 1. The number of rotatable bonds is 5. The highest BCUT2D eigenvalue weighted by Crippen LogP contribution is 2.16. The molecule has 1 heterocycles. The third-order valence-electron chi connectivity index (χ3n) is 2.86. The van der Waals surface area contributed by atoms with Crippen molar-refractivity contribution in [2.75, 3.05) is 0 Å². The second-order valence-electron chi connectivity index (χ2n) is 4.45. The Balaban J connectivity index is 2.25. The van der Waals surface area contributed by atoms with E-state index in [0.29, 0.717) is 11.4 Å². The molecule has 1 aromatic carbocycles. The number of nitrogens with one attached hydrogen (secondary N) is 1. The smallest absolute Gasteiger partial charge is 0.241 e. The zero-order valence-electron chi connectivity index (χ0n) is 11.2. The quantitative estimate of drug-likeness (QED) is 0.829. The number of hydrogen-bond acceptors (Lipinski definition) is 5. The Morgan fingerprint density at radius 2 is 2.20 bits per heavy atom. The van der Waals surface area contributed by atoms with Crippen LogP contribution in [0, 0.1) is 0 Å². The van der Waals surface area contributed by atoms with Gasteiger partial charge in [-0.3, -0.25) is 0 Å². The molecule has 0 spiro atoms. The van der Waals surface area contributed by atoms with Crippen LogP contribution >= 0.6 is 0 Å². The Bertz CT molecular complexity index is 696. The van der Waals surface area contributed by atoms with Crippen LogP contribution in [0.5, 0.6) is 0 Å². The minimum atomic E-state index is -3.68. The summed E-state index contributed by atoms with van der Waals surface area (Å²) in [4.78, 5) is 0.109. The standard InChI is InChI=1S/C12H16N4O3S/c1-9(12-14-13-8-16(12)2)15-20(18,19)11-5-3-4-10(6-11)7-17/h3-6,8-9,15,17H,7H2,1-2H3. The first kappa shape index (κ1) is 14.6. The van der Waals surface area contributed by atoms with E-state index in [9.17, 15) is 8.42 Å². The number of aromatic nitrogens is 3. The monoisotopic (exact) mass is 296 g/mol. The predicted octanol–water partition coefficient (Wildman–Crippen LogP) is 0.347. The maximum Gasteiger partial charge on any atom is 0.241 e. The second-order valence-corrected chi connectivity index (χ2v) is 6.16. The van der Waals surface area contributed by atoms with E-state index in [-0.39, 0.29) is 11.5 Å². The van der Waals surface area contributed by atoms with Gasteiger partial charge in [0.2, 0.25) is 10.0 Å². The fourth-order valence-electron chi connectivity index (χ4n) is 1.85. The zero-order chi connectivity index (χ0) is 14.8. The number of nitrogens with zero attached hydrogens (tertiary/aromatic N) is 3. The predicted molar refractivity (Wildman–Crippen MR) is 72.1 cm³/mol. The molecule has 1 aromatic heterocycles. The van der Waals surface area contributed by atoms with Gasteiger partial charge < -0.3 is 9.67 Å². The molecule has 0 saturated carbocycles. The van der Waals surface area contributed by atoms with Gasteiger partial charge in [0.05, 0.1) is 17.5 Å². The highest BCUT2D eigenvalue weighted by molar-refractivity contribution is 7.89. The minimum Gasteiger partial charge on any atom is -0.392 e. The molecule has 0 aliphatic carbocycles. The fraction of sp³-hybridized carbons (Fsp3) is 0.333. The Morgan fingerprint density at radius 1 is 1.45 bits per heavy atom. The van der Waals surface area contributed by atoms with E-state index >= 15 is 0 Å². The lowest BCUT2D eigenvalue weighted by molar-refractivity contribution is 0.281. The topological polar surface area (TPSA) is 97.1 Å². The van der Waals surface area contributed by atoms with Crippen molar-refractivity contribution in [3.8, 4) is 0 Å². The summed E-state index contributed by atoms with van der Waals surface area (Å²) in [6, 6.07) is 5.65. The summed E-state index contributed by atoms with van der Waals surface area (Å²) in [5.41, 5.74) is 0.541. The first-order chi connectivity index (χ1) is 9.44. The van der Waals surface area contributed by atoms with Gasteiger partial charge in [-0.25, -0.2) is 13.1 Å². The molecule has 0 amide bonds. The molecular formula is C12H16N4O3S. The lowest BCUT2D eigenvalue weighted by Gasteiger charge is -2.13. The first-order valence-electron chi connectivity index (χ1n) is 6.00. The highest BCUT2D eigenvalue weighted by atomic mass is 32.2. The molecule has 0 saturated heterocycles. The van der Waals surface area contributed by atoms with Gasteiger partial charge in [-0.1, -0.05) is 12.1 Å². The summed E-state index contributed by atoms with van der Waals surface area (Å²) in [5.74, 6) is 0.520. The number of aliphatic hydroxyl groups excluding tert-OH is 1. The highest BCUT2D eigenvalue weighted by Gasteiger charge is 2.21. The molecule has 1 atom stereocenters. The van der Waals surface area contributed by atoms with Crippen molar-refractivity contribution in [2.24, 2.45) is 7.05 Å². The summed E-state index contributed by atoms with van der Waals surface area (Å²) in [7, 11) is -1.93. The molecule has 7 nitrogen and oxygen atoms in total. The van der Waals surface area contributed by atoms with Crippen LogP contribution in [-0.2, 0) is 23.7 Å². The van der Waals surface area contributed by atoms with Crippen LogP contribution in [0.2, 0.25) is 0 Å². The number of benzene rings is 1. The summed E-state index contributed by atoms with van der Waals surface area (Å²) in [5, 5.41) is 16.7. The Morgan fingerprint density at radius 3 is 2.80 bits per heavy atom.